The first kappa shape index (κ1) is 20.2. The Morgan fingerprint density at radius 3 is 2.83 bits per heavy atom. The summed E-state index contributed by atoms with van der Waals surface area (Å²) in [7, 11) is 3.58. The van der Waals surface area contributed by atoms with Crippen LogP contribution in [0.4, 0.5) is 5.82 Å². The van der Waals surface area contributed by atoms with Gasteiger partial charge in [-0.2, -0.15) is 0 Å². The number of hydrogen-bond acceptors (Lipinski definition) is 8. The van der Waals surface area contributed by atoms with Gasteiger partial charge < -0.3 is 20.1 Å². The van der Waals surface area contributed by atoms with Crippen LogP contribution >= 0.6 is 33.9 Å². The quantitative estimate of drug-likeness (QED) is 0.294. The number of ether oxygens (including phenoxy) is 1. The van der Waals surface area contributed by atoms with Crippen LogP contribution in [0.25, 0.3) is 16.2 Å². The molecule has 0 saturated carbocycles. The fraction of sp³-hybridized carbons (Fsp3) is 0.333. The Morgan fingerprint density at radius 1 is 1.45 bits per heavy atom. The summed E-state index contributed by atoms with van der Waals surface area (Å²) in [4.78, 5) is 35.4. The van der Waals surface area contributed by atoms with Crippen molar-refractivity contribution in [2.75, 3.05) is 25.6 Å². The Morgan fingerprint density at radius 2 is 2.24 bits per heavy atom. The predicted molar refractivity (Wildman–Crippen MR) is 119 cm³/mol. The van der Waals surface area contributed by atoms with Crippen LogP contribution in [0, 0.1) is 0 Å². The van der Waals surface area contributed by atoms with Gasteiger partial charge in [-0.05, 0) is 19.2 Å². The molecule has 1 aliphatic rings. The SMILES string of the molecule is CN[C@H]1CN(c2ccc3c(=O)c(C(=O)O)cn(-c4nccs4)c3n2)C(I)[C@H]1OC. The largest absolute Gasteiger partial charge is 0.477 e. The number of rotatable bonds is 5. The van der Waals surface area contributed by atoms with E-state index in [1.807, 2.05) is 7.05 Å². The molecule has 9 nitrogen and oxygen atoms in total. The number of aromatic nitrogens is 3. The minimum Gasteiger partial charge on any atom is -0.477 e. The molecular weight excluding hydrogens is 509 g/mol. The van der Waals surface area contributed by atoms with Crippen LogP contribution in [0.3, 0.4) is 0 Å². The molecule has 0 amide bonds. The molecule has 0 radical (unpaired) electrons. The van der Waals surface area contributed by atoms with E-state index in [9.17, 15) is 14.7 Å². The third-order valence-corrected chi connectivity index (χ3v) is 7.14. The maximum atomic E-state index is 12.7. The Hall–Kier alpha value is -2.09. The summed E-state index contributed by atoms with van der Waals surface area (Å²) >= 11 is 3.66. The summed E-state index contributed by atoms with van der Waals surface area (Å²) in [6.45, 7) is 0.690. The molecule has 3 aromatic heterocycles. The summed E-state index contributed by atoms with van der Waals surface area (Å²) in [6, 6.07) is 3.52. The summed E-state index contributed by atoms with van der Waals surface area (Å²) in [5.74, 6) is -0.595. The maximum Gasteiger partial charge on any atom is 0.341 e. The number of anilines is 1. The molecule has 152 valence electrons. The number of likely N-dealkylation sites (N-methyl/N-ethyl adjacent to an activating group) is 1. The highest BCUT2D eigenvalue weighted by molar-refractivity contribution is 14.1. The van der Waals surface area contributed by atoms with E-state index in [2.05, 4.69) is 37.8 Å². The van der Waals surface area contributed by atoms with E-state index in [0.29, 0.717) is 23.1 Å². The highest BCUT2D eigenvalue weighted by Crippen LogP contribution is 2.31. The molecule has 0 aromatic carbocycles. The van der Waals surface area contributed by atoms with Gasteiger partial charge in [0.25, 0.3) is 0 Å². The van der Waals surface area contributed by atoms with Gasteiger partial charge in [-0.3, -0.25) is 9.36 Å². The topological polar surface area (TPSA) is 110 Å². The van der Waals surface area contributed by atoms with Crippen LogP contribution in [-0.4, -0.2) is 62.5 Å². The van der Waals surface area contributed by atoms with Gasteiger partial charge in [-0.15, -0.1) is 11.3 Å². The predicted octanol–water partition coefficient (Wildman–Crippen LogP) is 1.72. The van der Waals surface area contributed by atoms with Crippen molar-refractivity contribution in [3.63, 3.8) is 0 Å². The van der Waals surface area contributed by atoms with Gasteiger partial charge in [0.2, 0.25) is 5.43 Å². The first-order chi connectivity index (χ1) is 14.0. The second-order valence-electron chi connectivity index (χ2n) is 6.52. The lowest BCUT2D eigenvalue weighted by atomic mass is 10.2. The number of methoxy groups -OCH3 is 1. The zero-order valence-electron chi connectivity index (χ0n) is 15.6. The summed E-state index contributed by atoms with van der Waals surface area (Å²) in [5, 5.41) is 15.3. The minimum atomic E-state index is -1.28. The standard InChI is InChI=1S/C18H18IN5O4S/c1-20-11-8-23(15(19)14(11)28-2)12-4-3-9-13(25)10(17(26)27)7-24(16(9)22-12)18-21-5-6-29-18/h3-7,11,14-15,20H,8H2,1-2H3,(H,26,27)/t11-,14-,15?/m0/s1. The molecule has 0 spiro atoms. The van der Waals surface area contributed by atoms with E-state index in [0.717, 1.165) is 0 Å². The number of carboxylic acid groups (broad SMARTS) is 1. The van der Waals surface area contributed by atoms with Gasteiger partial charge in [0.05, 0.1) is 11.4 Å². The number of nitrogens with zero attached hydrogens (tertiary/aromatic N) is 4. The molecule has 0 aliphatic carbocycles. The smallest absolute Gasteiger partial charge is 0.341 e. The van der Waals surface area contributed by atoms with Crippen LogP contribution < -0.4 is 15.6 Å². The van der Waals surface area contributed by atoms with E-state index in [1.54, 1.807) is 35.4 Å². The lowest BCUT2D eigenvalue weighted by Gasteiger charge is -2.23. The number of thiazole rings is 1. The van der Waals surface area contributed by atoms with E-state index in [1.165, 1.54) is 17.5 Å². The molecule has 1 saturated heterocycles. The van der Waals surface area contributed by atoms with E-state index < -0.39 is 11.4 Å². The number of pyridine rings is 2. The zero-order chi connectivity index (χ0) is 20.7. The fourth-order valence-corrected chi connectivity index (χ4v) is 5.45. The number of halogens is 1. The lowest BCUT2D eigenvalue weighted by Crippen LogP contribution is -2.39. The van der Waals surface area contributed by atoms with Crippen LogP contribution in [-0.2, 0) is 4.74 Å². The van der Waals surface area contributed by atoms with Gasteiger partial charge in [0, 0.05) is 31.4 Å². The third-order valence-electron chi connectivity index (χ3n) is 4.99. The first-order valence-corrected chi connectivity index (χ1v) is 10.9. The number of carbonyl (C=O) groups is 1. The highest BCUT2D eigenvalue weighted by Gasteiger charge is 2.40. The molecule has 3 atom stereocenters. The molecule has 2 N–H and O–H groups in total. The Balaban J connectivity index is 1.90. The van der Waals surface area contributed by atoms with Crippen molar-refractivity contribution in [1.29, 1.82) is 0 Å². The fourth-order valence-electron chi connectivity index (χ4n) is 3.52. The van der Waals surface area contributed by atoms with Gasteiger partial charge in [0.1, 0.15) is 21.5 Å². The van der Waals surface area contributed by atoms with Crippen LogP contribution in [0.2, 0.25) is 0 Å². The lowest BCUT2D eigenvalue weighted by molar-refractivity contribution is 0.0695. The second kappa shape index (κ2) is 7.97. The minimum absolute atomic E-state index is 0.0198. The Kier molecular flexibility index (Phi) is 5.55. The maximum absolute atomic E-state index is 12.7. The molecule has 29 heavy (non-hydrogen) atoms. The molecular formula is C18H18IN5O4S. The van der Waals surface area contributed by atoms with Crippen molar-refractivity contribution in [1.82, 2.24) is 19.9 Å². The van der Waals surface area contributed by atoms with Gasteiger partial charge in [-0.1, -0.05) is 22.6 Å². The van der Waals surface area contributed by atoms with Crippen LogP contribution in [0.5, 0.6) is 0 Å². The van der Waals surface area contributed by atoms with Gasteiger partial charge in [0.15, 0.2) is 10.8 Å². The van der Waals surface area contributed by atoms with E-state index in [-0.39, 0.29) is 27.1 Å². The highest BCUT2D eigenvalue weighted by atomic mass is 127. The zero-order valence-corrected chi connectivity index (χ0v) is 18.5. The Labute approximate surface area is 183 Å². The molecule has 1 fully saturated rings. The number of alkyl halides is 1. The summed E-state index contributed by atoms with van der Waals surface area (Å²) in [5.41, 5.74) is -0.502. The van der Waals surface area contributed by atoms with Gasteiger partial charge >= 0.3 is 5.97 Å². The van der Waals surface area contributed by atoms with Crippen LogP contribution in [0.15, 0.2) is 34.7 Å². The molecule has 1 unspecified atom stereocenters. The molecule has 4 heterocycles. The number of fused-ring (bicyclic) bond motifs is 1. The van der Waals surface area contributed by atoms with Gasteiger partial charge in [-0.25, -0.2) is 14.8 Å². The third kappa shape index (κ3) is 3.41. The van der Waals surface area contributed by atoms with E-state index >= 15 is 0 Å². The van der Waals surface area contributed by atoms with Crippen molar-refractivity contribution < 1.29 is 14.6 Å². The second-order valence-corrected chi connectivity index (χ2v) is 8.67. The molecule has 0 bridgehead atoms. The number of nitrogens with one attached hydrogen (secondary N) is 1. The number of hydrogen-bond donors (Lipinski definition) is 2. The number of aromatic carboxylic acids is 1. The van der Waals surface area contributed by atoms with Crippen molar-refractivity contribution in [2.45, 2.75) is 16.2 Å². The average Bonchev–Trinajstić information content (AvgIpc) is 3.35. The molecule has 4 rings (SSSR count). The van der Waals surface area contributed by atoms with Crippen molar-refractivity contribution in [3.8, 4) is 5.13 Å². The Bertz CT molecular complexity index is 1120. The summed E-state index contributed by atoms with van der Waals surface area (Å²) in [6.07, 6.45) is 2.90. The van der Waals surface area contributed by atoms with Crippen molar-refractivity contribution in [2.24, 2.45) is 0 Å². The molecule has 1 aliphatic heterocycles. The number of carboxylic acids is 1. The first-order valence-electron chi connectivity index (χ1n) is 8.76. The van der Waals surface area contributed by atoms with E-state index in [4.69, 9.17) is 9.72 Å². The summed E-state index contributed by atoms with van der Waals surface area (Å²) < 4.78 is 7.25. The van der Waals surface area contributed by atoms with Crippen molar-refractivity contribution in [3.05, 3.63) is 45.7 Å². The normalized spacial score (nSPS) is 21.8. The molecule has 11 heteroatoms. The van der Waals surface area contributed by atoms with Crippen LogP contribution in [0.1, 0.15) is 10.4 Å². The monoisotopic (exact) mass is 527 g/mol. The molecule has 3 aromatic rings. The van der Waals surface area contributed by atoms with Crippen molar-refractivity contribution >= 4 is 56.7 Å². The average molecular weight is 527 g/mol.